The fourth-order valence-corrected chi connectivity index (χ4v) is 4.05. The molecule has 0 saturated carbocycles. The molecule has 15 heteroatoms. The van der Waals surface area contributed by atoms with Crippen molar-refractivity contribution in [3.05, 3.63) is 23.8 Å². The van der Waals surface area contributed by atoms with Crippen molar-refractivity contribution in [3.8, 4) is 11.5 Å². The zero-order chi connectivity index (χ0) is 30.7. The third-order valence-electron chi connectivity index (χ3n) is 5.63. The second kappa shape index (κ2) is 15.7. The largest absolute Gasteiger partial charge is 0.493 e. The van der Waals surface area contributed by atoms with Crippen LogP contribution in [0.25, 0.3) is 0 Å². The van der Waals surface area contributed by atoms with E-state index in [-0.39, 0.29) is 43.4 Å². The Morgan fingerprint density at radius 3 is 1.88 bits per heavy atom. The molecular weight excluding hydrogens is 550 g/mol. The molecular formula is C26H35NO14. The molecule has 15 nitrogen and oxygen atoms in total. The minimum atomic E-state index is -1.51. The number of carbonyl (C=O) groups is 5. The third kappa shape index (κ3) is 9.58. The van der Waals surface area contributed by atoms with Gasteiger partial charge < -0.3 is 48.3 Å². The Bertz CT molecular complexity index is 1090. The van der Waals surface area contributed by atoms with Crippen molar-refractivity contribution in [1.29, 1.82) is 0 Å². The first-order valence-corrected chi connectivity index (χ1v) is 12.6. The maximum Gasteiger partial charge on any atom is 0.303 e. The summed E-state index contributed by atoms with van der Waals surface area (Å²) in [6, 6.07) is 4.12. The van der Waals surface area contributed by atoms with Gasteiger partial charge in [0.1, 0.15) is 12.7 Å². The molecule has 1 fully saturated rings. The first kappa shape index (κ1) is 33.3. The SMILES string of the molecule is COc1cc(C(=O)N(CCO)CCO)ccc1OC1O[C@H](COC(C)=O)[C@@H](OC(C)=O)[C@H](OC(C)=O)[C@H]1OC(C)=O. The molecule has 1 saturated heterocycles. The standard InChI is InChI=1S/C26H35NO14/c1-14(30)36-13-21-22(37-15(2)31)23(38-16(3)32)24(39-17(4)33)26(41-21)40-19-7-6-18(12-20(19)35-5)25(34)27(8-10-28)9-11-29/h6-7,12,21-24,26,28-29H,8-11,13H2,1-5H3/t21-,22-,23+,24-,26?/m1/s1. The summed E-state index contributed by atoms with van der Waals surface area (Å²) in [5.74, 6) is -3.47. The zero-order valence-corrected chi connectivity index (χ0v) is 23.4. The van der Waals surface area contributed by atoms with Gasteiger partial charge >= 0.3 is 23.9 Å². The fourth-order valence-electron chi connectivity index (χ4n) is 4.05. The summed E-state index contributed by atoms with van der Waals surface area (Å²) in [7, 11) is 1.31. The van der Waals surface area contributed by atoms with Gasteiger partial charge in [0.05, 0.1) is 20.3 Å². The van der Waals surface area contributed by atoms with Crippen LogP contribution in [-0.2, 0) is 42.9 Å². The van der Waals surface area contributed by atoms with Crippen molar-refractivity contribution in [1.82, 2.24) is 4.90 Å². The predicted molar refractivity (Wildman–Crippen MR) is 136 cm³/mol. The average molecular weight is 586 g/mol. The van der Waals surface area contributed by atoms with E-state index in [4.69, 9.17) is 33.2 Å². The first-order chi connectivity index (χ1) is 19.4. The fraction of sp³-hybridized carbons (Fsp3) is 0.577. The van der Waals surface area contributed by atoms with Crippen LogP contribution in [0.1, 0.15) is 38.1 Å². The lowest BCUT2D eigenvalue weighted by molar-refractivity contribution is -0.288. The molecule has 0 radical (unpaired) electrons. The van der Waals surface area contributed by atoms with Gasteiger partial charge in [-0.25, -0.2) is 0 Å². The van der Waals surface area contributed by atoms with Gasteiger partial charge in [0.15, 0.2) is 23.7 Å². The summed E-state index contributed by atoms with van der Waals surface area (Å²) in [5, 5.41) is 18.5. The van der Waals surface area contributed by atoms with E-state index in [1.54, 1.807) is 0 Å². The van der Waals surface area contributed by atoms with E-state index in [1.165, 1.54) is 30.2 Å². The number of aliphatic hydroxyl groups excluding tert-OH is 2. The van der Waals surface area contributed by atoms with Crippen LogP contribution >= 0.6 is 0 Å². The number of hydrogen-bond donors (Lipinski definition) is 2. The molecule has 1 aliphatic rings. The molecule has 41 heavy (non-hydrogen) atoms. The summed E-state index contributed by atoms with van der Waals surface area (Å²) in [5.41, 5.74) is 0.151. The van der Waals surface area contributed by atoms with Gasteiger partial charge in [-0.3, -0.25) is 24.0 Å². The van der Waals surface area contributed by atoms with Crippen molar-refractivity contribution in [2.45, 2.75) is 58.4 Å². The Morgan fingerprint density at radius 1 is 0.805 bits per heavy atom. The quantitative estimate of drug-likeness (QED) is 0.224. The Balaban J connectivity index is 2.50. The number of carbonyl (C=O) groups excluding carboxylic acids is 5. The highest BCUT2D eigenvalue weighted by Gasteiger charge is 2.53. The number of methoxy groups -OCH3 is 1. The predicted octanol–water partition coefficient (Wildman–Crippen LogP) is -0.416. The summed E-state index contributed by atoms with van der Waals surface area (Å²) in [6.45, 7) is 3.37. The summed E-state index contributed by atoms with van der Waals surface area (Å²) >= 11 is 0. The zero-order valence-electron chi connectivity index (χ0n) is 23.4. The normalized spacial score (nSPS) is 21.7. The van der Waals surface area contributed by atoms with E-state index in [9.17, 15) is 34.2 Å². The van der Waals surface area contributed by atoms with Crippen LogP contribution in [0.4, 0.5) is 0 Å². The molecule has 0 aromatic heterocycles. The molecule has 1 aromatic carbocycles. The maximum atomic E-state index is 12.9. The second-order valence-corrected chi connectivity index (χ2v) is 8.79. The molecule has 5 atom stereocenters. The van der Waals surface area contributed by atoms with E-state index in [0.717, 1.165) is 27.7 Å². The lowest BCUT2D eigenvalue weighted by Gasteiger charge is -2.44. The number of hydrogen-bond acceptors (Lipinski definition) is 14. The number of benzene rings is 1. The number of amides is 1. The van der Waals surface area contributed by atoms with Gasteiger partial charge in [0, 0.05) is 46.3 Å². The second-order valence-electron chi connectivity index (χ2n) is 8.79. The molecule has 0 bridgehead atoms. The summed E-state index contributed by atoms with van der Waals surface area (Å²) in [4.78, 5) is 61.6. The van der Waals surface area contributed by atoms with E-state index in [1.807, 2.05) is 0 Å². The molecule has 1 unspecified atom stereocenters. The molecule has 0 aliphatic carbocycles. The van der Waals surface area contributed by atoms with Gasteiger partial charge in [-0.2, -0.15) is 0 Å². The van der Waals surface area contributed by atoms with Crippen molar-refractivity contribution in [2.24, 2.45) is 0 Å². The molecule has 0 spiro atoms. The highest BCUT2D eigenvalue weighted by molar-refractivity contribution is 5.95. The lowest BCUT2D eigenvalue weighted by Crippen LogP contribution is -2.63. The van der Waals surface area contributed by atoms with Crippen LogP contribution in [0.3, 0.4) is 0 Å². The summed E-state index contributed by atoms with van der Waals surface area (Å²) < 4.78 is 38.4. The molecule has 1 heterocycles. The molecule has 1 aliphatic heterocycles. The van der Waals surface area contributed by atoms with Gasteiger partial charge in [0.2, 0.25) is 12.4 Å². The Labute approximate surface area is 236 Å². The van der Waals surface area contributed by atoms with Crippen LogP contribution in [0.15, 0.2) is 18.2 Å². The number of ether oxygens (including phenoxy) is 7. The number of esters is 4. The van der Waals surface area contributed by atoms with Crippen molar-refractivity contribution < 1.29 is 67.3 Å². The van der Waals surface area contributed by atoms with Crippen molar-refractivity contribution in [2.75, 3.05) is 40.0 Å². The minimum absolute atomic E-state index is 0.00923. The number of rotatable bonds is 13. The Morgan fingerprint density at radius 2 is 1.37 bits per heavy atom. The van der Waals surface area contributed by atoms with Crippen LogP contribution in [0.5, 0.6) is 11.5 Å². The van der Waals surface area contributed by atoms with Gasteiger partial charge in [-0.1, -0.05) is 0 Å². The molecule has 2 rings (SSSR count). The topological polar surface area (TPSA) is 194 Å². The molecule has 2 N–H and O–H groups in total. The van der Waals surface area contributed by atoms with E-state index < -0.39 is 67.1 Å². The van der Waals surface area contributed by atoms with Gasteiger partial charge in [-0.05, 0) is 18.2 Å². The summed E-state index contributed by atoms with van der Waals surface area (Å²) in [6.07, 6.45) is -6.99. The van der Waals surface area contributed by atoms with Crippen LogP contribution in [0.2, 0.25) is 0 Å². The van der Waals surface area contributed by atoms with Crippen molar-refractivity contribution >= 4 is 29.8 Å². The van der Waals surface area contributed by atoms with Crippen LogP contribution < -0.4 is 9.47 Å². The maximum absolute atomic E-state index is 12.9. The first-order valence-electron chi connectivity index (χ1n) is 12.6. The minimum Gasteiger partial charge on any atom is -0.493 e. The smallest absolute Gasteiger partial charge is 0.303 e. The van der Waals surface area contributed by atoms with Gasteiger partial charge in [-0.15, -0.1) is 0 Å². The molecule has 228 valence electrons. The van der Waals surface area contributed by atoms with Crippen LogP contribution in [-0.4, -0.2) is 116 Å². The lowest BCUT2D eigenvalue weighted by atomic mass is 9.98. The number of nitrogens with zero attached hydrogens (tertiary/aromatic N) is 1. The van der Waals surface area contributed by atoms with E-state index in [2.05, 4.69) is 0 Å². The Kier molecular flexibility index (Phi) is 12.8. The highest BCUT2D eigenvalue weighted by atomic mass is 16.7. The molecule has 1 aromatic rings. The van der Waals surface area contributed by atoms with Gasteiger partial charge in [0.25, 0.3) is 5.91 Å². The molecule has 1 amide bonds. The van der Waals surface area contributed by atoms with E-state index >= 15 is 0 Å². The average Bonchev–Trinajstić information content (AvgIpc) is 2.89. The monoisotopic (exact) mass is 585 g/mol. The third-order valence-corrected chi connectivity index (χ3v) is 5.63. The highest BCUT2D eigenvalue weighted by Crippen LogP contribution is 2.35. The van der Waals surface area contributed by atoms with E-state index in [0.29, 0.717) is 0 Å². The van der Waals surface area contributed by atoms with Crippen LogP contribution in [0, 0.1) is 0 Å². The van der Waals surface area contributed by atoms with Crippen molar-refractivity contribution in [3.63, 3.8) is 0 Å². The Hall–Kier alpha value is -3.95. The number of aliphatic hydroxyl groups is 2.